The van der Waals surface area contributed by atoms with Crippen molar-refractivity contribution in [1.82, 2.24) is 0 Å². The van der Waals surface area contributed by atoms with E-state index in [1.165, 1.54) is 23.5 Å². The van der Waals surface area contributed by atoms with Gasteiger partial charge in [0, 0.05) is 15.1 Å². The van der Waals surface area contributed by atoms with Gasteiger partial charge in [0.2, 0.25) is 0 Å². The highest BCUT2D eigenvalue weighted by atomic mass is 32.1. The highest BCUT2D eigenvalue weighted by molar-refractivity contribution is 7.22. The average molecular weight is 390 g/mol. The summed E-state index contributed by atoms with van der Waals surface area (Å²) in [5, 5.41) is 29.7. The third-order valence-electron chi connectivity index (χ3n) is 3.88. The van der Waals surface area contributed by atoms with E-state index in [1.807, 2.05) is 19.1 Å². The number of nitrogens with zero attached hydrogens (tertiary/aromatic N) is 2. The van der Waals surface area contributed by atoms with Crippen molar-refractivity contribution in [2.24, 2.45) is 0 Å². The molecule has 0 bridgehead atoms. The molecule has 1 N–H and O–H groups in total. The molecular formula is C17H14N2O7S. The van der Waals surface area contributed by atoms with Gasteiger partial charge in [0.25, 0.3) is 10.2 Å². The van der Waals surface area contributed by atoms with E-state index in [0.29, 0.717) is 21.4 Å². The smallest absolute Gasteiger partial charge is 0.295 e. The Kier molecular flexibility index (Phi) is 5.08. The number of aryl methyl sites for hydroxylation is 1. The summed E-state index contributed by atoms with van der Waals surface area (Å²) in [4.78, 5) is 31.3. The first-order valence-corrected chi connectivity index (χ1v) is 8.57. The van der Waals surface area contributed by atoms with Crippen LogP contribution in [-0.4, -0.2) is 21.9 Å². The number of fused-ring (bicyclic) bond motifs is 1. The van der Waals surface area contributed by atoms with Crippen LogP contribution in [0.1, 0.15) is 17.2 Å². The molecule has 1 aromatic heterocycles. The fourth-order valence-corrected chi connectivity index (χ4v) is 4.13. The summed E-state index contributed by atoms with van der Waals surface area (Å²) in [6, 6.07) is 11.9. The summed E-state index contributed by atoms with van der Waals surface area (Å²) >= 11 is 1.38. The first-order chi connectivity index (χ1) is 12.8. The summed E-state index contributed by atoms with van der Waals surface area (Å²) in [6.07, 6.45) is -1.29. The van der Waals surface area contributed by atoms with Crippen molar-refractivity contribution in [3.05, 3.63) is 73.8 Å². The van der Waals surface area contributed by atoms with Gasteiger partial charge in [-0.15, -0.1) is 31.6 Å². The highest BCUT2D eigenvalue weighted by Crippen LogP contribution is 2.43. The van der Waals surface area contributed by atoms with Gasteiger partial charge in [0.05, 0.1) is 0 Å². The summed E-state index contributed by atoms with van der Waals surface area (Å²) in [5.74, 6) is 0.0760. The van der Waals surface area contributed by atoms with Crippen LogP contribution in [0.15, 0.2) is 42.5 Å². The van der Waals surface area contributed by atoms with Crippen molar-refractivity contribution < 1.29 is 25.0 Å². The SMILES string of the molecule is Cc1ccc2c(C(CO[N+](=O)[O-])O[N+](=O)[O-])c(-c3ccc(O)cc3)sc2c1. The van der Waals surface area contributed by atoms with E-state index in [1.54, 1.807) is 18.2 Å². The molecular weight excluding hydrogens is 376 g/mol. The van der Waals surface area contributed by atoms with Crippen LogP contribution >= 0.6 is 11.3 Å². The van der Waals surface area contributed by atoms with Crippen LogP contribution in [0.4, 0.5) is 0 Å². The Balaban J connectivity index is 2.19. The molecule has 0 aliphatic heterocycles. The maximum Gasteiger partial charge on any atom is 0.295 e. The van der Waals surface area contributed by atoms with E-state index in [-0.39, 0.29) is 5.75 Å². The van der Waals surface area contributed by atoms with Gasteiger partial charge in [-0.05, 0) is 53.8 Å². The normalized spacial score (nSPS) is 11.9. The monoisotopic (exact) mass is 390 g/mol. The Bertz CT molecular complexity index is 1000. The van der Waals surface area contributed by atoms with Gasteiger partial charge in [-0.3, -0.25) is 0 Å². The number of phenols is 1. The molecule has 1 atom stereocenters. The van der Waals surface area contributed by atoms with Gasteiger partial charge in [-0.1, -0.05) is 12.1 Å². The summed E-state index contributed by atoms with van der Waals surface area (Å²) in [5.41, 5.74) is 2.12. The fourth-order valence-electron chi connectivity index (χ4n) is 2.77. The molecule has 140 valence electrons. The Morgan fingerprint density at radius 1 is 1.11 bits per heavy atom. The zero-order chi connectivity index (χ0) is 19.6. The molecule has 10 heteroatoms. The molecule has 0 saturated carbocycles. The minimum absolute atomic E-state index is 0.0760. The lowest BCUT2D eigenvalue weighted by Crippen LogP contribution is -2.18. The first-order valence-electron chi connectivity index (χ1n) is 7.76. The van der Waals surface area contributed by atoms with E-state index in [4.69, 9.17) is 4.84 Å². The van der Waals surface area contributed by atoms with Crippen LogP contribution in [0, 0.1) is 27.2 Å². The van der Waals surface area contributed by atoms with Crippen molar-refractivity contribution in [2.45, 2.75) is 13.0 Å². The van der Waals surface area contributed by atoms with Crippen molar-refractivity contribution >= 4 is 21.4 Å². The quantitative estimate of drug-likeness (QED) is 0.477. The lowest BCUT2D eigenvalue weighted by Gasteiger charge is -2.16. The highest BCUT2D eigenvalue weighted by Gasteiger charge is 2.26. The van der Waals surface area contributed by atoms with E-state index in [0.717, 1.165) is 10.3 Å². The van der Waals surface area contributed by atoms with Gasteiger partial charge < -0.3 is 14.8 Å². The van der Waals surface area contributed by atoms with Gasteiger partial charge in [-0.2, -0.15) is 0 Å². The third-order valence-corrected chi connectivity index (χ3v) is 5.10. The Morgan fingerprint density at radius 2 is 1.81 bits per heavy atom. The number of aromatic hydroxyl groups is 1. The minimum atomic E-state index is -1.29. The van der Waals surface area contributed by atoms with Crippen LogP contribution in [0.3, 0.4) is 0 Å². The first kappa shape index (κ1) is 18.4. The van der Waals surface area contributed by atoms with Crippen LogP contribution < -0.4 is 0 Å². The standard InChI is InChI=1S/C17H14N2O7S/c1-10-2-7-13-15(8-10)27-17(11-3-5-12(20)6-4-11)16(13)14(26-19(23)24)9-25-18(21)22/h2-8,14,20H,9H2,1H3. The van der Waals surface area contributed by atoms with Crippen molar-refractivity contribution in [1.29, 1.82) is 0 Å². The van der Waals surface area contributed by atoms with E-state index in [9.17, 15) is 25.3 Å². The largest absolute Gasteiger partial charge is 0.508 e. The molecule has 1 heterocycles. The summed E-state index contributed by atoms with van der Waals surface area (Å²) < 4.78 is 0.853. The topological polar surface area (TPSA) is 125 Å². The Morgan fingerprint density at radius 3 is 2.44 bits per heavy atom. The number of hydrogen-bond acceptors (Lipinski definition) is 8. The number of phenolic OH excluding ortho intramolecular Hbond substituents is 1. The average Bonchev–Trinajstić information content (AvgIpc) is 2.97. The van der Waals surface area contributed by atoms with Crippen molar-refractivity contribution in [3.63, 3.8) is 0 Å². The van der Waals surface area contributed by atoms with E-state index in [2.05, 4.69) is 4.84 Å². The molecule has 0 aliphatic rings. The zero-order valence-corrected chi connectivity index (χ0v) is 14.8. The van der Waals surface area contributed by atoms with Gasteiger partial charge >= 0.3 is 0 Å². The number of thiophene rings is 1. The van der Waals surface area contributed by atoms with Crippen molar-refractivity contribution in [2.75, 3.05) is 6.61 Å². The second-order valence-corrected chi connectivity index (χ2v) is 6.78. The molecule has 2 aromatic carbocycles. The molecule has 0 radical (unpaired) electrons. The fraction of sp³-hybridized carbons (Fsp3) is 0.176. The zero-order valence-electron chi connectivity index (χ0n) is 14.0. The summed E-state index contributed by atoms with van der Waals surface area (Å²) in [7, 11) is 0. The van der Waals surface area contributed by atoms with Crippen LogP contribution in [-0.2, 0) is 9.68 Å². The lowest BCUT2D eigenvalue weighted by molar-refractivity contribution is -0.792. The van der Waals surface area contributed by atoms with Crippen LogP contribution in [0.25, 0.3) is 20.5 Å². The van der Waals surface area contributed by atoms with E-state index >= 15 is 0 Å². The molecule has 0 amide bonds. The number of hydrogen-bond donors (Lipinski definition) is 1. The predicted octanol–water partition coefficient (Wildman–Crippen LogP) is 4.04. The number of benzene rings is 2. The second-order valence-electron chi connectivity index (χ2n) is 5.73. The van der Waals surface area contributed by atoms with Gasteiger partial charge in [-0.25, -0.2) is 0 Å². The molecule has 27 heavy (non-hydrogen) atoms. The molecule has 1 unspecified atom stereocenters. The third kappa shape index (κ3) is 4.06. The molecule has 9 nitrogen and oxygen atoms in total. The second kappa shape index (κ2) is 7.46. The Hall–Kier alpha value is -3.40. The van der Waals surface area contributed by atoms with Gasteiger partial charge in [0.1, 0.15) is 12.4 Å². The molecule has 3 aromatic rings. The van der Waals surface area contributed by atoms with Crippen LogP contribution in [0.2, 0.25) is 0 Å². The Labute approximate surface area is 156 Å². The lowest BCUT2D eigenvalue weighted by atomic mass is 10.0. The van der Waals surface area contributed by atoms with E-state index < -0.39 is 22.9 Å². The molecule has 0 fully saturated rings. The predicted molar refractivity (Wildman–Crippen MR) is 97.4 cm³/mol. The van der Waals surface area contributed by atoms with Crippen molar-refractivity contribution in [3.8, 4) is 16.2 Å². The number of rotatable bonds is 7. The van der Waals surface area contributed by atoms with Gasteiger partial charge in [0.15, 0.2) is 6.10 Å². The maximum atomic E-state index is 11.0. The molecule has 0 aliphatic carbocycles. The maximum absolute atomic E-state index is 11.0. The minimum Gasteiger partial charge on any atom is -0.508 e. The van der Waals surface area contributed by atoms with Crippen LogP contribution in [0.5, 0.6) is 5.75 Å². The molecule has 3 rings (SSSR count). The summed E-state index contributed by atoms with van der Waals surface area (Å²) in [6.45, 7) is 1.29. The molecule has 0 saturated heterocycles. The molecule has 0 spiro atoms.